The molecule has 0 aliphatic rings. The van der Waals surface area contributed by atoms with E-state index in [9.17, 15) is 9.59 Å². The van der Waals surface area contributed by atoms with Crippen molar-refractivity contribution in [3.8, 4) is 5.00 Å². The van der Waals surface area contributed by atoms with Gasteiger partial charge in [0.15, 0.2) is 0 Å². The average Bonchev–Trinajstić information content (AvgIpc) is 3.30. The van der Waals surface area contributed by atoms with Crippen LogP contribution in [0.2, 0.25) is 0 Å². The van der Waals surface area contributed by atoms with Crippen LogP contribution in [0, 0.1) is 6.92 Å². The molecule has 0 aliphatic carbocycles. The summed E-state index contributed by atoms with van der Waals surface area (Å²) >= 11 is 1.27. The highest BCUT2D eigenvalue weighted by atomic mass is 32.1. The highest BCUT2D eigenvalue weighted by molar-refractivity contribution is 7.16. The van der Waals surface area contributed by atoms with E-state index in [4.69, 9.17) is 0 Å². The molecule has 0 saturated carbocycles. The third-order valence-electron chi connectivity index (χ3n) is 4.43. The van der Waals surface area contributed by atoms with Crippen molar-refractivity contribution in [2.75, 3.05) is 0 Å². The molecule has 3 heterocycles. The Morgan fingerprint density at radius 3 is 2.69 bits per heavy atom. The first-order chi connectivity index (χ1) is 14.1. The van der Waals surface area contributed by atoms with Crippen LogP contribution in [0.4, 0.5) is 0 Å². The number of pyridine rings is 1. The van der Waals surface area contributed by atoms with Gasteiger partial charge in [0.2, 0.25) is 0 Å². The molecule has 1 amide bonds. The SMILES string of the molecule is Cc1cc(-n2cnn(Cc3ccccc3)c2=O)sc1C(=O)NCc1cccnc1. The third-order valence-corrected chi connectivity index (χ3v) is 5.67. The van der Waals surface area contributed by atoms with Crippen LogP contribution < -0.4 is 11.0 Å². The molecule has 0 unspecified atom stereocenters. The molecule has 0 bridgehead atoms. The predicted octanol–water partition coefficient (Wildman–Crippen LogP) is 2.78. The maximum Gasteiger partial charge on any atom is 0.351 e. The van der Waals surface area contributed by atoms with Gasteiger partial charge in [-0.25, -0.2) is 14.0 Å². The lowest BCUT2D eigenvalue weighted by Crippen LogP contribution is -2.24. The summed E-state index contributed by atoms with van der Waals surface area (Å²) in [6.45, 7) is 2.65. The summed E-state index contributed by atoms with van der Waals surface area (Å²) in [5, 5.41) is 7.78. The van der Waals surface area contributed by atoms with E-state index in [-0.39, 0.29) is 11.6 Å². The Hall–Kier alpha value is -3.52. The number of carbonyl (C=O) groups is 1. The van der Waals surface area contributed by atoms with Crippen LogP contribution in [0.1, 0.15) is 26.4 Å². The normalized spacial score (nSPS) is 10.8. The first kappa shape index (κ1) is 18.8. The molecule has 7 nitrogen and oxygen atoms in total. The molecule has 8 heteroatoms. The number of nitrogens with zero attached hydrogens (tertiary/aromatic N) is 4. The summed E-state index contributed by atoms with van der Waals surface area (Å²) < 4.78 is 2.88. The van der Waals surface area contributed by atoms with Gasteiger partial charge < -0.3 is 5.32 Å². The van der Waals surface area contributed by atoms with Crippen molar-refractivity contribution in [1.29, 1.82) is 0 Å². The van der Waals surface area contributed by atoms with E-state index >= 15 is 0 Å². The van der Waals surface area contributed by atoms with E-state index in [2.05, 4.69) is 15.4 Å². The monoisotopic (exact) mass is 405 g/mol. The lowest BCUT2D eigenvalue weighted by atomic mass is 10.2. The molecule has 0 atom stereocenters. The molecule has 1 N–H and O–H groups in total. The van der Waals surface area contributed by atoms with Crippen LogP contribution in [-0.4, -0.2) is 25.2 Å². The van der Waals surface area contributed by atoms with Gasteiger partial charge in [-0.3, -0.25) is 9.78 Å². The van der Waals surface area contributed by atoms with Crippen molar-refractivity contribution in [2.45, 2.75) is 20.0 Å². The number of benzene rings is 1. The van der Waals surface area contributed by atoms with Crippen molar-refractivity contribution >= 4 is 17.2 Å². The van der Waals surface area contributed by atoms with E-state index in [1.165, 1.54) is 26.9 Å². The maximum atomic E-state index is 12.7. The van der Waals surface area contributed by atoms with Crippen LogP contribution >= 0.6 is 11.3 Å². The zero-order valence-corrected chi connectivity index (χ0v) is 16.6. The Labute approximate surface area is 171 Å². The molecule has 4 rings (SSSR count). The molecular weight excluding hydrogens is 386 g/mol. The molecule has 0 fully saturated rings. The Morgan fingerprint density at radius 2 is 1.93 bits per heavy atom. The second kappa shape index (κ2) is 8.24. The molecule has 3 aromatic heterocycles. The molecule has 146 valence electrons. The summed E-state index contributed by atoms with van der Waals surface area (Å²) in [5.74, 6) is -0.174. The standard InChI is InChI=1S/C21H19N5O2S/c1-15-10-18(29-19(15)20(27)23-12-17-8-5-9-22-11-17)25-14-24-26(21(25)28)13-16-6-3-2-4-7-16/h2-11,14H,12-13H2,1H3,(H,23,27). The smallest absolute Gasteiger partial charge is 0.347 e. The van der Waals surface area contributed by atoms with Gasteiger partial charge in [0.25, 0.3) is 5.91 Å². The lowest BCUT2D eigenvalue weighted by molar-refractivity contribution is 0.0954. The molecule has 1 aromatic carbocycles. The van der Waals surface area contributed by atoms with Crippen LogP contribution in [0.25, 0.3) is 5.00 Å². The molecule has 0 radical (unpaired) electrons. The van der Waals surface area contributed by atoms with E-state index < -0.39 is 0 Å². The van der Waals surface area contributed by atoms with Gasteiger partial charge >= 0.3 is 5.69 Å². The summed E-state index contributed by atoms with van der Waals surface area (Å²) in [4.78, 5) is 29.9. The van der Waals surface area contributed by atoms with Crippen molar-refractivity contribution in [3.05, 3.63) is 99.3 Å². The van der Waals surface area contributed by atoms with Gasteiger partial charge in [-0.1, -0.05) is 36.4 Å². The van der Waals surface area contributed by atoms with Crippen molar-refractivity contribution in [3.63, 3.8) is 0 Å². The number of amides is 1. The number of aryl methyl sites for hydroxylation is 1. The summed E-state index contributed by atoms with van der Waals surface area (Å²) in [7, 11) is 0. The molecule has 0 aliphatic heterocycles. The van der Waals surface area contributed by atoms with Crippen LogP contribution in [0.15, 0.2) is 72.0 Å². The number of carbonyl (C=O) groups excluding carboxylic acids is 1. The van der Waals surface area contributed by atoms with Crippen LogP contribution in [-0.2, 0) is 13.1 Å². The van der Waals surface area contributed by atoms with E-state index in [1.54, 1.807) is 12.4 Å². The molecule has 0 saturated heterocycles. The van der Waals surface area contributed by atoms with Crippen LogP contribution in [0.3, 0.4) is 0 Å². The number of aromatic nitrogens is 4. The number of nitrogens with one attached hydrogen (secondary N) is 1. The minimum absolute atomic E-state index is 0.174. The Kier molecular flexibility index (Phi) is 5.35. The largest absolute Gasteiger partial charge is 0.351 e. The Balaban J connectivity index is 1.52. The zero-order chi connectivity index (χ0) is 20.2. The first-order valence-corrected chi connectivity index (χ1v) is 9.90. The summed E-state index contributed by atoms with van der Waals surface area (Å²) in [5.41, 5.74) is 2.50. The summed E-state index contributed by atoms with van der Waals surface area (Å²) in [6.07, 6.45) is 4.90. The van der Waals surface area contributed by atoms with E-state index in [0.29, 0.717) is 23.0 Å². The fourth-order valence-electron chi connectivity index (χ4n) is 2.93. The van der Waals surface area contributed by atoms with Gasteiger partial charge in [-0.15, -0.1) is 11.3 Å². The highest BCUT2D eigenvalue weighted by Gasteiger charge is 2.16. The van der Waals surface area contributed by atoms with E-state index in [0.717, 1.165) is 16.7 Å². The van der Waals surface area contributed by atoms with Crippen molar-refractivity contribution in [1.82, 2.24) is 24.6 Å². The second-order valence-corrected chi connectivity index (χ2v) is 7.60. The average molecular weight is 405 g/mol. The number of thiophene rings is 1. The number of rotatable bonds is 6. The predicted molar refractivity (Wildman–Crippen MR) is 111 cm³/mol. The minimum Gasteiger partial charge on any atom is -0.347 e. The first-order valence-electron chi connectivity index (χ1n) is 9.08. The maximum absolute atomic E-state index is 12.7. The Morgan fingerprint density at radius 1 is 1.14 bits per heavy atom. The van der Waals surface area contributed by atoms with Crippen molar-refractivity contribution in [2.24, 2.45) is 0 Å². The number of hydrogen-bond acceptors (Lipinski definition) is 5. The Bertz CT molecular complexity index is 1180. The molecular formula is C21H19N5O2S. The minimum atomic E-state index is -0.238. The van der Waals surface area contributed by atoms with E-state index in [1.807, 2.05) is 55.5 Å². The van der Waals surface area contributed by atoms with Gasteiger partial charge in [0.1, 0.15) is 11.3 Å². The fourth-order valence-corrected chi connectivity index (χ4v) is 3.98. The quantitative estimate of drug-likeness (QED) is 0.535. The molecule has 29 heavy (non-hydrogen) atoms. The van der Waals surface area contributed by atoms with Crippen molar-refractivity contribution < 1.29 is 4.79 Å². The topological polar surface area (TPSA) is 81.8 Å². The van der Waals surface area contributed by atoms with Gasteiger partial charge in [0, 0.05) is 18.9 Å². The molecule has 0 spiro atoms. The van der Waals surface area contributed by atoms with Gasteiger partial charge in [-0.05, 0) is 35.7 Å². The highest BCUT2D eigenvalue weighted by Crippen LogP contribution is 2.24. The van der Waals surface area contributed by atoms with Gasteiger partial charge in [-0.2, -0.15) is 5.10 Å². The summed E-state index contributed by atoms with van der Waals surface area (Å²) in [6, 6.07) is 15.2. The third kappa shape index (κ3) is 4.17. The van der Waals surface area contributed by atoms with Gasteiger partial charge in [0.05, 0.1) is 11.4 Å². The second-order valence-electron chi connectivity index (χ2n) is 6.57. The fraction of sp³-hybridized carbons (Fsp3) is 0.143. The zero-order valence-electron chi connectivity index (χ0n) is 15.8. The molecule has 4 aromatic rings. The number of hydrogen-bond donors (Lipinski definition) is 1. The van der Waals surface area contributed by atoms with Crippen LogP contribution in [0.5, 0.6) is 0 Å². The lowest BCUT2D eigenvalue weighted by Gasteiger charge is -2.04.